The normalized spacial score (nSPS) is 23.5. The summed E-state index contributed by atoms with van der Waals surface area (Å²) in [7, 11) is 1.61. The highest BCUT2D eigenvalue weighted by Crippen LogP contribution is 2.31. The van der Waals surface area contributed by atoms with Crippen molar-refractivity contribution in [2.75, 3.05) is 32.1 Å². The number of halogens is 1. The van der Waals surface area contributed by atoms with Crippen LogP contribution in [0.25, 0.3) is 11.3 Å². The van der Waals surface area contributed by atoms with Crippen molar-refractivity contribution in [1.29, 1.82) is 0 Å². The van der Waals surface area contributed by atoms with Gasteiger partial charge in [-0.3, -0.25) is 10.1 Å². The van der Waals surface area contributed by atoms with Crippen LogP contribution >= 0.6 is 0 Å². The molecule has 0 spiro atoms. The van der Waals surface area contributed by atoms with Crippen LogP contribution in [0.15, 0.2) is 30.5 Å². The van der Waals surface area contributed by atoms with E-state index >= 15 is 0 Å². The molecule has 0 bridgehead atoms. The summed E-state index contributed by atoms with van der Waals surface area (Å²) in [6, 6.07) is 7.81. The van der Waals surface area contributed by atoms with Gasteiger partial charge in [0.25, 0.3) is 5.91 Å². The molecule has 0 unspecified atom stereocenters. The van der Waals surface area contributed by atoms with E-state index in [-0.39, 0.29) is 11.9 Å². The zero-order valence-corrected chi connectivity index (χ0v) is 17.2. The predicted octanol–water partition coefficient (Wildman–Crippen LogP) is 2.69. The molecular weight excluding hydrogens is 385 g/mol. The molecule has 1 aliphatic carbocycles. The van der Waals surface area contributed by atoms with Gasteiger partial charge in [-0.15, -0.1) is 0 Å². The van der Waals surface area contributed by atoms with Crippen molar-refractivity contribution in [3.8, 4) is 11.3 Å². The number of carbonyl (C=O) groups excluding carboxylic acids is 1. The number of methoxy groups -OCH3 is 1. The fourth-order valence-corrected chi connectivity index (χ4v) is 4.13. The minimum atomic E-state index is -1.32. The second kappa shape index (κ2) is 9.06. The van der Waals surface area contributed by atoms with Gasteiger partial charge in [-0.1, -0.05) is 6.07 Å². The number of anilines is 1. The quantitative estimate of drug-likeness (QED) is 0.478. The van der Waals surface area contributed by atoms with Crippen LogP contribution in [0.4, 0.5) is 10.3 Å². The van der Waals surface area contributed by atoms with Gasteiger partial charge in [0.15, 0.2) is 5.79 Å². The summed E-state index contributed by atoms with van der Waals surface area (Å²) in [5, 5.41) is 9.18. The summed E-state index contributed by atoms with van der Waals surface area (Å²) in [6.07, 6.45) is 4.85. The lowest BCUT2D eigenvalue weighted by Gasteiger charge is -2.35. The number of benzene rings is 1. The molecule has 0 atom stereocenters. The van der Waals surface area contributed by atoms with E-state index in [2.05, 4.69) is 25.9 Å². The van der Waals surface area contributed by atoms with Gasteiger partial charge in [0.2, 0.25) is 5.95 Å². The van der Waals surface area contributed by atoms with Crippen LogP contribution in [0.2, 0.25) is 0 Å². The minimum absolute atomic E-state index is 0.0224. The van der Waals surface area contributed by atoms with Crippen molar-refractivity contribution in [3.63, 3.8) is 0 Å². The number of carbonyl (C=O) groups is 1. The lowest BCUT2D eigenvalue weighted by Crippen LogP contribution is -2.47. The third-order valence-electron chi connectivity index (χ3n) is 5.84. The number of ether oxygens (including phenoxy) is 1. The van der Waals surface area contributed by atoms with Crippen LogP contribution in [0.3, 0.4) is 0 Å². The molecule has 0 radical (unpaired) electrons. The van der Waals surface area contributed by atoms with E-state index in [9.17, 15) is 9.18 Å². The van der Waals surface area contributed by atoms with E-state index in [1.165, 1.54) is 0 Å². The molecule has 1 amide bonds. The fourth-order valence-electron chi connectivity index (χ4n) is 4.13. The maximum absolute atomic E-state index is 14.8. The van der Waals surface area contributed by atoms with Crippen molar-refractivity contribution in [2.24, 2.45) is 0 Å². The van der Waals surface area contributed by atoms with Gasteiger partial charge in [-0.05, 0) is 55.9 Å². The van der Waals surface area contributed by atoms with Gasteiger partial charge in [0.05, 0.1) is 12.3 Å². The van der Waals surface area contributed by atoms with Gasteiger partial charge in [-0.2, -0.15) is 0 Å². The van der Waals surface area contributed by atoms with E-state index < -0.39 is 5.79 Å². The summed E-state index contributed by atoms with van der Waals surface area (Å²) >= 11 is 0. The van der Waals surface area contributed by atoms with Crippen molar-refractivity contribution < 1.29 is 13.9 Å². The molecule has 4 rings (SSSR count). The number of alkyl halides is 1. The van der Waals surface area contributed by atoms with E-state index in [1.54, 1.807) is 13.3 Å². The zero-order chi connectivity index (χ0) is 21.0. The van der Waals surface area contributed by atoms with Gasteiger partial charge in [0.1, 0.15) is 0 Å². The van der Waals surface area contributed by atoms with Gasteiger partial charge in [-0.25, -0.2) is 14.4 Å². The Bertz CT molecular complexity index is 899. The summed E-state index contributed by atoms with van der Waals surface area (Å²) in [4.78, 5) is 20.9. The standard InChI is InChI=1S/C22H28FN5O2/c1-30-13-12-26-22(23)8-4-17(5-9-22)27-21-25-11-7-19(28-21)16-2-3-18-15(14-16)6-10-24-20(18)29/h2-3,7,11,14,17,26H,4-6,8-10,12-13H2,1H3,(H,24,29)(H,25,27,28). The summed E-state index contributed by atoms with van der Waals surface area (Å²) in [5.41, 5.74) is 3.53. The molecule has 160 valence electrons. The Morgan fingerprint density at radius 2 is 2.13 bits per heavy atom. The maximum Gasteiger partial charge on any atom is 0.251 e. The van der Waals surface area contributed by atoms with E-state index in [4.69, 9.17) is 4.74 Å². The Labute approximate surface area is 175 Å². The maximum atomic E-state index is 14.8. The smallest absolute Gasteiger partial charge is 0.251 e. The van der Waals surface area contributed by atoms with E-state index in [0.717, 1.165) is 28.8 Å². The highest BCUT2D eigenvalue weighted by atomic mass is 19.1. The van der Waals surface area contributed by atoms with E-state index in [1.807, 2.05) is 24.3 Å². The summed E-state index contributed by atoms with van der Waals surface area (Å²) in [6.45, 7) is 1.67. The first-order valence-corrected chi connectivity index (χ1v) is 10.5. The summed E-state index contributed by atoms with van der Waals surface area (Å²) in [5.74, 6) is -0.799. The number of fused-ring (bicyclic) bond motifs is 1. The molecule has 30 heavy (non-hydrogen) atoms. The highest BCUT2D eigenvalue weighted by Gasteiger charge is 2.34. The van der Waals surface area contributed by atoms with Crippen molar-refractivity contribution in [2.45, 2.75) is 43.9 Å². The molecule has 0 saturated heterocycles. The first-order valence-electron chi connectivity index (χ1n) is 10.5. The monoisotopic (exact) mass is 413 g/mol. The molecule has 1 saturated carbocycles. The van der Waals surface area contributed by atoms with Crippen LogP contribution in [-0.4, -0.2) is 54.5 Å². The molecule has 7 nitrogen and oxygen atoms in total. The first kappa shape index (κ1) is 20.7. The number of hydrogen-bond donors (Lipinski definition) is 3. The number of amides is 1. The Balaban J connectivity index is 1.39. The second-order valence-corrected chi connectivity index (χ2v) is 7.95. The number of rotatable bonds is 7. The topological polar surface area (TPSA) is 88.2 Å². The van der Waals surface area contributed by atoms with Crippen molar-refractivity contribution in [1.82, 2.24) is 20.6 Å². The zero-order valence-electron chi connectivity index (χ0n) is 17.2. The molecule has 1 aromatic carbocycles. The predicted molar refractivity (Wildman–Crippen MR) is 113 cm³/mol. The molecule has 2 heterocycles. The fraction of sp³-hybridized carbons (Fsp3) is 0.500. The van der Waals surface area contributed by atoms with Crippen molar-refractivity contribution >= 4 is 11.9 Å². The van der Waals surface area contributed by atoms with Crippen LogP contribution < -0.4 is 16.0 Å². The number of aromatic nitrogens is 2. The average molecular weight is 413 g/mol. The number of hydrogen-bond acceptors (Lipinski definition) is 6. The molecule has 3 N–H and O–H groups in total. The molecular formula is C22H28FN5O2. The number of nitrogens with one attached hydrogen (secondary N) is 3. The molecule has 2 aliphatic rings. The van der Waals surface area contributed by atoms with Crippen LogP contribution in [0.5, 0.6) is 0 Å². The Morgan fingerprint density at radius 1 is 1.30 bits per heavy atom. The van der Waals surface area contributed by atoms with E-state index in [0.29, 0.717) is 51.3 Å². The van der Waals surface area contributed by atoms with Crippen LogP contribution in [0.1, 0.15) is 41.6 Å². The summed E-state index contributed by atoms with van der Waals surface area (Å²) < 4.78 is 19.8. The van der Waals surface area contributed by atoms with Crippen LogP contribution in [-0.2, 0) is 11.2 Å². The highest BCUT2D eigenvalue weighted by molar-refractivity contribution is 5.97. The molecule has 2 aromatic rings. The van der Waals surface area contributed by atoms with Crippen LogP contribution in [0, 0.1) is 0 Å². The molecule has 1 fully saturated rings. The van der Waals surface area contributed by atoms with Gasteiger partial charge < -0.3 is 15.4 Å². The lowest BCUT2D eigenvalue weighted by molar-refractivity contribution is 0.0536. The molecule has 1 aromatic heterocycles. The third kappa shape index (κ3) is 4.76. The Hall–Kier alpha value is -2.58. The van der Waals surface area contributed by atoms with Crippen molar-refractivity contribution in [3.05, 3.63) is 41.6 Å². The minimum Gasteiger partial charge on any atom is -0.383 e. The number of nitrogens with zero attached hydrogens (tertiary/aromatic N) is 2. The van der Waals surface area contributed by atoms with Gasteiger partial charge in [0, 0.05) is 43.6 Å². The van der Waals surface area contributed by atoms with Gasteiger partial charge >= 0.3 is 0 Å². The first-order chi connectivity index (χ1) is 14.6. The largest absolute Gasteiger partial charge is 0.383 e. The Morgan fingerprint density at radius 3 is 2.93 bits per heavy atom. The second-order valence-electron chi connectivity index (χ2n) is 7.95. The molecule has 1 aliphatic heterocycles. The third-order valence-corrected chi connectivity index (χ3v) is 5.84. The molecule has 8 heteroatoms. The SMILES string of the molecule is COCCNC1(F)CCC(Nc2nccc(-c3ccc4c(c3)CCNC4=O)n2)CC1. The Kier molecular flexibility index (Phi) is 6.24. The average Bonchev–Trinajstić information content (AvgIpc) is 2.76. The lowest BCUT2D eigenvalue weighted by atomic mass is 9.89.